The fraction of sp³-hybridized carbons (Fsp3) is 0.500. The van der Waals surface area contributed by atoms with Crippen molar-refractivity contribution in [2.75, 3.05) is 13.2 Å². The van der Waals surface area contributed by atoms with Crippen LogP contribution in [0.25, 0.3) is 0 Å². The highest BCUT2D eigenvalue weighted by Crippen LogP contribution is 2.22. The van der Waals surface area contributed by atoms with Gasteiger partial charge in [-0.2, -0.15) is 0 Å². The van der Waals surface area contributed by atoms with Crippen molar-refractivity contribution >= 4 is 23.5 Å². The summed E-state index contributed by atoms with van der Waals surface area (Å²) in [6, 6.07) is 5.23. The van der Waals surface area contributed by atoms with Gasteiger partial charge in [0.25, 0.3) is 5.91 Å². The minimum Gasteiger partial charge on any atom is -0.481 e. The van der Waals surface area contributed by atoms with Gasteiger partial charge in [0.05, 0.1) is 6.61 Å². The maximum Gasteiger partial charge on any atom is 0.305 e. The van der Waals surface area contributed by atoms with E-state index in [1.807, 2.05) is 6.92 Å². The van der Waals surface area contributed by atoms with E-state index in [2.05, 4.69) is 5.32 Å². The first kappa shape index (κ1) is 18.3. The molecule has 0 saturated carbocycles. The zero-order valence-corrected chi connectivity index (χ0v) is 13.9. The van der Waals surface area contributed by atoms with Crippen LogP contribution in [0, 0.1) is 6.92 Å². The summed E-state index contributed by atoms with van der Waals surface area (Å²) >= 11 is 5.88. The average Bonchev–Trinajstić information content (AvgIpc) is 2.46. The number of hydrogen-bond donors (Lipinski definition) is 1. The van der Waals surface area contributed by atoms with Crippen molar-refractivity contribution in [3.8, 4) is 5.75 Å². The maximum atomic E-state index is 11.9. The zero-order chi connectivity index (χ0) is 16.5. The molecule has 0 fully saturated rings. The first-order chi connectivity index (χ1) is 10.4. The number of benzene rings is 1. The van der Waals surface area contributed by atoms with Crippen LogP contribution in [0.1, 0.15) is 32.3 Å². The van der Waals surface area contributed by atoms with Gasteiger partial charge in [-0.05, 0) is 51.0 Å². The highest BCUT2D eigenvalue weighted by atomic mass is 35.5. The van der Waals surface area contributed by atoms with Gasteiger partial charge >= 0.3 is 5.97 Å². The summed E-state index contributed by atoms with van der Waals surface area (Å²) in [7, 11) is 0. The topological polar surface area (TPSA) is 64.6 Å². The SMILES string of the molecule is CCOC(=O)CCCNC(=O)C(C)Oc1ccc(Cl)cc1C. The Hall–Kier alpha value is -1.75. The predicted molar refractivity (Wildman–Crippen MR) is 85.2 cm³/mol. The molecule has 1 atom stereocenters. The molecule has 1 aromatic rings. The molecule has 1 N–H and O–H groups in total. The second-order valence-corrected chi connectivity index (χ2v) is 5.31. The van der Waals surface area contributed by atoms with Crippen molar-refractivity contribution in [3.63, 3.8) is 0 Å². The van der Waals surface area contributed by atoms with E-state index in [1.54, 1.807) is 32.0 Å². The molecule has 0 spiro atoms. The number of esters is 1. The number of carbonyl (C=O) groups excluding carboxylic acids is 2. The number of nitrogens with one attached hydrogen (secondary N) is 1. The standard InChI is InChI=1S/C16H22ClNO4/c1-4-21-15(19)6-5-9-18-16(20)12(3)22-14-8-7-13(17)10-11(14)2/h7-8,10,12H,4-6,9H2,1-3H3,(H,18,20). The van der Waals surface area contributed by atoms with E-state index in [0.717, 1.165) is 5.56 Å². The molecule has 1 rings (SSSR count). The van der Waals surface area contributed by atoms with Crippen molar-refractivity contribution < 1.29 is 19.1 Å². The summed E-state index contributed by atoms with van der Waals surface area (Å²) in [5.41, 5.74) is 0.870. The van der Waals surface area contributed by atoms with Crippen LogP contribution in [-0.4, -0.2) is 31.1 Å². The number of carbonyl (C=O) groups is 2. The van der Waals surface area contributed by atoms with Gasteiger partial charge in [0, 0.05) is 18.0 Å². The molecule has 0 saturated heterocycles. The predicted octanol–water partition coefficient (Wildman–Crippen LogP) is 2.88. The second kappa shape index (κ2) is 9.30. The molecule has 1 aromatic carbocycles. The largest absolute Gasteiger partial charge is 0.481 e. The van der Waals surface area contributed by atoms with Crippen molar-refractivity contribution in [2.45, 2.75) is 39.7 Å². The molecular formula is C16H22ClNO4. The summed E-state index contributed by atoms with van der Waals surface area (Å²) in [6.07, 6.45) is 0.208. The lowest BCUT2D eigenvalue weighted by Gasteiger charge is -2.16. The Labute approximate surface area is 135 Å². The molecule has 0 aliphatic carbocycles. The van der Waals surface area contributed by atoms with E-state index in [4.69, 9.17) is 21.1 Å². The smallest absolute Gasteiger partial charge is 0.305 e. The van der Waals surface area contributed by atoms with E-state index in [0.29, 0.717) is 36.8 Å². The van der Waals surface area contributed by atoms with E-state index in [9.17, 15) is 9.59 Å². The van der Waals surface area contributed by atoms with Crippen LogP contribution in [0.3, 0.4) is 0 Å². The summed E-state index contributed by atoms with van der Waals surface area (Å²) in [6.45, 7) is 6.08. The fourth-order valence-electron chi connectivity index (χ4n) is 1.81. The number of hydrogen-bond acceptors (Lipinski definition) is 4. The van der Waals surface area contributed by atoms with E-state index in [1.165, 1.54) is 0 Å². The quantitative estimate of drug-likeness (QED) is 0.589. The highest BCUT2D eigenvalue weighted by molar-refractivity contribution is 6.30. The third-order valence-corrected chi connectivity index (χ3v) is 3.21. The van der Waals surface area contributed by atoms with Crippen LogP contribution in [0.5, 0.6) is 5.75 Å². The molecule has 0 bridgehead atoms. The van der Waals surface area contributed by atoms with Gasteiger partial charge in [-0.25, -0.2) is 0 Å². The van der Waals surface area contributed by atoms with Crippen molar-refractivity contribution in [2.24, 2.45) is 0 Å². The molecule has 0 heterocycles. The molecule has 0 aliphatic rings. The van der Waals surface area contributed by atoms with E-state index < -0.39 is 6.10 Å². The van der Waals surface area contributed by atoms with Crippen molar-refractivity contribution in [1.82, 2.24) is 5.32 Å². The Morgan fingerprint density at radius 3 is 2.73 bits per heavy atom. The van der Waals surface area contributed by atoms with Crippen molar-refractivity contribution in [3.05, 3.63) is 28.8 Å². The van der Waals surface area contributed by atoms with Crippen LogP contribution in [0.2, 0.25) is 5.02 Å². The summed E-state index contributed by atoms with van der Waals surface area (Å²) in [4.78, 5) is 23.1. The molecule has 5 nitrogen and oxygen atoms in total. The Morgan fingerprint density at radius 1 is 1.36 bits per heavy atom. The lowest BCUT2D eigenvalue weighted by Crippen LogP contribution is -2.37. The van der Waals surface area contributed by atoms with Crippen LogP contribution in [0.15, 0.2) is 18.2 Å². The van der Waals surface area contributed by atoms with Gasteiger partial charge in [-0.15, -0.1) is 0 Å². The Bertz CT molecular complexity index is 519. The lowest BCUT2D eigenvalue weighted by molar-refractivity contribution is -0.143. The summed E-state index contributed by atoms with van der Waals surface area (Å²) in [5, 5.41) is 3.36. The molecule has 1 amide bonds. The third kappa shape index (κ3) is 6.35. The molecule has 0 aromatic heterocycles. The van der Waals surface area contributed by atoms with Gasteiger partial charge in [0.15, 0.2) is 6.10 Å². The fourth-order valence-corrected chi connectivity index (χ4v) is 2.04. The number of rotatable bonds is 8. The van der Waals surface area contributed by atoms with Crippen molar-refractivity contribution in [1.29, 1.82) is 0 Å². The van der Waals surface area contributed by atoms with Gasteiger partial charge in [0.2, 0.25) is 0 Å². The molecule has 0 aliphatic heterocycles. The zero-order valence-electron chi connectivity index (χ0n) is 13.1. The van der Waals surface area contributed by atoms with Gasteiger partial charge in [-0.1, -0.05) is 11.6 Å². The molecule has 1 unspecified atom stereocenters. The minimum absolute atomic E-state index is 0.224. The third-order valence-electron chi connectivity index (χ3n) is 2.97. The Kier molecular flexibility index (Phi) is 7.74. The second-order valence-electron chi connectivity index (χ2n) is 4.87. The molecular weight excluding hydrogens is 306 g/mol. The molecule has 0 radical (unpaired) electrons. The normalized spacial score (nSPS) is 11.6. The first-order valence-electron chi connectivity index (χ1n) is 7.30. The summed E-state index contributed by atoms with van der Waals surface area (Å²) < 4.78 is 10.4. The molecule has 122 valence electrons. The van der Waals surface area contributed by atoms with Gasteiger partial charge < -0.3 is 14.8 Å². The minimum atomic E-state index is -0.623. The van der Waals surface area contributed by atoms with Crippen LogP contribution in [0.4, 0.5) is 0 Å². The number of aryl methyl sites for hydroxylation is 1. The maximum absolute atomic E-state index is 11.9. The van der Waals surface area contributed by atoms with Gasteiger partial charge in [-0.3, -0.25) is 9.59 Å². The average molecular weight is 328 g/mol. The highest BCUT2D eigenvalue weighted by Gasteiger charge is 2.15. The van der Waals surface area contributed by atoms with Crippen LogP contribution >= 0.6 is 11.6 Å². The number of halogens is 1. The van der Waals surface area contributed by atoms with Crippen LogP contribution in [-0.2, 0) is 14.3 Å². The lowest BCUT2D eigenvalue weighted by atomic mass is 10.2. The number of amides is 1. The van der Waals surface area contributed by atoms with Gasteiger partial charge in [0.1, 0.15) is 5.75 Å². The Balaban J connectivity index is 2.34. The molecule has 6 heteroatoms. The Morgan fingerprint density at radius 2 is 2.09 bits per heavy atom. The van der Waals surface area contributed by atoms with E-state index in [-0.39, 0.29) is 11.9 Å². The summed E-state index contributed by atoms with van der Waals surface area (Å²) in [5.74, 6) is 0.148. The molecule has 22 heavy (non-hydrogen) atoms. The number of ether oxygens (including phenoxy) is 2. The first-order valence-corrected chi connectivity index (χ1v) is 7.68. The van der Waals surface area contributed by atoms with E-state index >= 15 is 0 Å². The van der Waals surface area contributed by atoms with Crippen LogP contribution < -0.4 is 10.1 Å². The monoisotopic (exact) mass is 327 g/mol.